The molecule has 168 valence electrons. The van der Waals surface area contributed by atoms with E-state index < -0.39 is 0 Å². The number of allylic oxidation sites excluding steroid dienone is 1. The van der Waals surface area contributed by atoms with E-state index in [1.807, 2.05) is 48.5 Å². The van der Waals surface area contributed by atoms with Gasteiger partial charge in [0.05, 0.1) is 22.7 Å². The molecule has 33 heavy (non-hydrogen) atoms. The fourth-order valence-corrected chi connectivity index (χ4v) is 5.24. The number of rotatable bonds is 3. The smallest absolute Gasteiger partial charge is 0.254 e. The minimum Gasteiger partial charge on any atom is -0.369 e. The third-order valence-electron chi connectivity index (χ3n) is 6.73. The third-order valence-corrected chi connectivity index (χ3v) is 7.07. The molecule has 1 saturated heterocycles. The minimum absolute atomic E-state index is 0.0326. The van der Waals surface area contributed by atoms with E-state index >= 15 is 0 Å². The summed E-state index contributed by atoms with van der Waals surface area (Å²) in [5.41, 5.74) is 11.0. The van der Waals surface area contributed by atoms with Crippen molar-refractivity contribution in [1.82, 2.24) is 9.88 Å². The van der Waals surface area contributed by atoms with Crippen LogP contribution in [-0.4, -0.2) is 34.8 Å². The first-order valence-corrected chi connectivity index (χ1v) is 11.9. The van der Waals surface area contributed by atoms with Crippen LogP contribution in [-0.2, 0) is 11.2 Å². The lowest BCUT2D eigenvalue weighted by atomic mass is 9.85. The van der Waals surface area contributed by atoms with Crippen LogP contribution in [0.15, 0.2) is 48.5 Å². The van der Waals surface area contributed by atoms with Crippen LogP contribution in [0, 0.1) is 5.92 Å². The molecule has 2 aliphatic rings. The van der Waals surface area contributed by atoms with Crippen LogP contribution in [0.3, 0.4) is 0 Å². The van der Waals surface area contributed by atoms with Crippen LogP contribution in [0.4, 0.5) is 0 Å². The molecule has 0 radical (unpaired) electrons. The summed E-state index contributed by atoms with van der Waals surface area (Å²) >= 11 is 6.42. The summed E-state index contributed by atoms with van der Waals surface area (Å²) in [7, 11) is 0. The van der Waals surface area contributed by atoms with E-state index in [4.69, 9.17) is 22.3 Å². The van der Waals surface area contributed by atoms with E-state index in [1.165, 1.54) is 0 Å². The molecule has 0 bridgehead atoms. The van der Waals surface area contributed by atoms with Crippen LogP contribution in [0.2, 0.25) is 5.02 Å². The zero-order chi connectivity index (χ0) is 22.9. The molecular weight excluding hydrogens is 434 g/mol. The topological polar surface area (TPSA) is 76.3 Å². The minimum atomic E-state index is -0.334. The lowest BCUT2D eigenvalue weighted by Crippen LogP contribution is -2.44. The number of nitrogens with two attached hydrogens (primary N) is 1. The standard InChI is InChI=1S/C27H26ClN3O2/c28-22-12-3-1-7-17(22)15-18-8-5-11-21-24(20-10-2-4-13-23(20)30-25(18)21)27(33)31-14-6-9-19(16-31)26(29)32/h1-4,7,10,12-13,15,19H,5-6,8-9,11,14,16H2,(H2,29,32). The second-order valence-electron chi connectivity index (χ2n) is 8.87. The lowest BCUT2D eigenvalue weighted by molar-refractivity contribution is -0.123. The van der Waals surface area contributed by atoms with Crippen LogP contribution in [0.25, 0.3) is 22.6 Å². The Morgan fingerprint density at radius 1 is 1.06 bits per heavy atom. The molecule has 5 nitrogen and oxygen atoms in total. The molecule has 1 aliphatic heterocycles. The number of primary amides is 1. The number of halogens is 1. The van der Waals surface area contributed by atoms with Crippen LogP contribution >= 0.6 is 11.6 Å². The van der Waals surface area contributed by atoms with Crippen LogP contribution < -0.4 is 5.73 Å². The number of nitrogens with zero attached hydrogens (tertiary/aromatic N) is 2. The highest BCUT2D eigenvalue weighted by Gasteiger charge is 2.32. The summed E-state index contributed by atoms with van der Waals surface area (Å²) in [5, 5.41) is 1.56. The summed E-state index contributed by atoms with van der Waals surface area (Å²) in [4.78, 5) is 32.5. The van der Waals surface area contributed by atoms with Gasteiger partial charge in [-0.15, -0.1) is 0 Å². The molecule has 0 spiro atoms. The summed E-state index contributed by atoms with van der Waals surface area (Å²) < 4.78 is 0. The monoisotopic (exact) mass is 459 g/mol. The Hall–Kier alpha value is -3.18. The highest BCUT2D eigenvalue weighted by molar-refractivity contribution is 6.32. The zero-order valence-corrected chi connectivity index (χ0v) is 19.1. The molecule has 1 aromatic heterocycles. The number of piperidine rings is 1. The Labute approximate surface area is 198 Å². The fourth-order valence-electron chi connectivity index (χ4n) is 5.05. The van der Waals surface area contributed by atoms with Crippen molar-refractivity contribution in [3.8, 4) is 0 Å². The van der Waals surface area contributed by atoms with Crippen molar-refractivity contribution in [2.45, 2.75) is 32.1 Å². The maximum atomic E-state index is 13.9. The van der Waals surface area contributed by atoms with Gasteiger partial charge in [-0.05, 0) is 67.0 Å². The summed E-state index contributed by atoms with van der Waals surface area (Å²) in [6.07, 6.45) is 6.22. The first-order valence-electron chi connectivity index (χ1n) is 11.5. The number of pyridine rings is 1. The number of fused-ring (bicyclic) bond motifs is 2. The van der Waals surface area contributed by atoms with E-state index in [0.717, 1.165) is 65.4 Å². The predicted molar refractivity (Wildman–Crippen MR) is 132 cm³/mol. The third kappa shape index (κ3) is 4.13. The first-order chi connectivity index (χ1) is 16.0. The SMILES string of the molecule is NC(=O)C1CCCN(C(=O)c2c3c(nc4ccccc24)C(=Cc2ccccc2Cl)CCC3)C1. The molecule has 2 heterocycles. The fraction of sp³-hybridized carbons (Fsp3) is 0.296. The van der Waals surface area contributed by atoms with Crippen molar-refractivity contribution in [2.75, 3.05) is 13.1 Å². The van der Waals surface area contributed by atoms with Crippen molar-refractivity contribution in [2.24, 2.45) is 11.7 Å². The Bertz CT molecular complexity index is 1280. The average molecular weight is 460 g/mol. The summed E-state index contributed by atoms with van der Waals surface area (Å²) in [5.74, 6) is -0.656. The highest BCUT2D eigenvalue weighted by Crippen LogP contribution is 2.37. The molecule has 1 aliphatic carbocycles. The van der Waals surface area contributed by atoms with E-state index in [2.05, 4.69) is 6.08 Å². The zero-order valence-electron chi connectivity index (χ0n) is 18.4. The quantitative estimate of drug-likeness (QED) is 0.591. The number of likely N-dealkylation sites (tertiary alicyclic amines) is 1. The van der Waals surface area contributed by atoms with Gasteiger partial charge in [-0.2, -0.15) is 0 Å². The van der Waals surface area contributed by atoms with Gasteiger partial charge >= 0.3 is 0 Å². The van der Waals surface area contributed by atoms with Gasteiger partial charge in [0.2, 0.25) is 5.91 Å². The van der Waals surface area contributed by atoms with Gasteiger partial charge in [-0.3, -0.25) is 9.59 Å². The van der Waals surface area contributed by atoms with Crippen molar-refractivity contribution in [3.05, 3.63) is 75.9 Å². The van der Waals surface area contributed by atoms with Crippen molar-refractivity contribution in [3.63, 3.8) is 0 Å². The van der Waals surface area contributed by atoms with Gasteiger partial charge in [-0.1, -0.05) is 48.0 Å². The molecule has 2 aromatic carbocycles. The Morgan fingerprint density at radius 3 is 2.67 bits per heavy atom. The number of para-hydroxylation sites is 1. The number of hydrogen-bond donors (Lipinski definition) is 1. The largest absolute Gasteiger partial charge is 0.369 e. The van der Waals surface area contributed by atoms with E-state index in [-0.39, 0.29) is 17.7 Å². The predicted octanol–water partition coefficient (Wildman–Crippen LogP) is 5.10. The summed E-state index contributed by atoms with van der Waals surface area (Å²) in [6, 6.07) is 15.6. The average Bonchev–Trinajstić information content (AvgIpc) is 2.84. The van der Waals surface area contributed by atoms with Crippen molar-refractivity contribution < 1.29 is 9.59 Å². The normalized spacial score (nSPS) is 19.5. The second kappa shape index (κ2) is 8.99. The molecular formula is C27H26ClN3O2. The number of carbonyl (C=O) groups is 2. The number of aromatic nitrogens is 1. The number of hydrogen-bond acceptors (Lipinski definition) is 3. The van der Waals surface area contributed by atoms with Crippen LogP contribution in [0.1, 0.15) is 52.9 Å². The van der Waals surface area contributed by atoms with Gasteiger partial charge in [0.1, 0.15) is 0 Å². The molecule has 6 heteroatoms. The second-order valence-corrected chi connectivity index (χ2v) is 9.28. The van der Waals surface area contributed by atoms with Gasteiger partial charge in [0, 0.05) is 23.5 Å². The van der Waals surface area contributed by atoms with Gasteiger partial charge in [-0.25, -0.2) is 4.98 Å². The van der Waals surface area contributed by atoms with E-state index in [9.17, 15) is 9.59 Å². The van der Waals surface area contributed by atoms with Crippen LogP contribution in [0.5, 0.6) is 0 Å². The lowest BCUT2D eigenvalue weighted by Gasteiger charge is -2.33. The van der Waals surface area contributed by atoms with E-state index in [1.54, 1.807) is 4.90 Å². The molecule has 1 atom stereocenters. The molecule has 2 amide bonds. The van der Waals surface area contributed by atoms with Crippen molar-refractivity contribution >= 4 is 46.0 Å². The van der Waals surface area contributed by atoms with Gasteiger partial charge in [0.25, 0.3) is 5.91 Å². The number of carbonyl (C=O) groups excluding carboxylic acids is 2. The molecule has 1 unspecified atom stereocenters. The highest BCUT2D eigenvalue weighted by atomic mass is 35.5. The number of amides is 2. The molecule has 1 fully saturated rings. The van der Waals surface area contributed by atoms with Gasteiger partial charge in [0.15, 0.2) is 0 Å². The summed E-state index contributed by atoms with van der Waals surface area (Å²) in [6.45, 7) is 1.01. The molecule has 0 saturated carbocycles. The Morgan fingerprint density at radius 2 is 1.85 bits per heavy atom. The van der Waals surface area contributed by atoms with Crippen molar-refractivity contribution in [1.29, 1.82) is 0 Å². The molecule has 3 aromatic rings. The maximum absolute atomic E-state index is 13.9. The van der Waals surface area contributed by atoms with E-state index in [0.29, 0.717) is 23.7 Å². The molecule has 2 N–H and O–H groups in total. The Balaban J connectivity index is 1.65. The Kier molecular flexibility index (Phi) is 5.90. The first kappa shape index (κ1) is 21.7. The molecule has 5 rings (SSSR count). The van der Waals surface area contributed by atoms with Gasteiger partial charge < -0.3 is 10.6 Å². The maximum Gasteiger partial charge on any atom is 0.254 e. The number of benzene rings is 2.